The monoisotopic (exact) mass is 389 g/mol. The summed E-state index contributed by atoms with van der Waals surface area (Å²) in [6.07, 6.45) is 0.299. The maximum atomic E-state index is 11.9. The second-order valence-corrected chi connectivity index (χ2v) is 6.66. The van der Waals surface area contributed by atoms with Gasteiger partial charge in [-0.15, -0.1) is 0 Å². The van der Waals surface area contributed by atoms with Gasteiger partial charge in [-0.2, -0.15) is 0 Å². The highest BCUT2D eigenvalue weighted by atomic mass is 79.9. The van der Waals surface area contributed by atoms with Gasteiger partial charge in [-0.1, -0.05) is 66.2 Å². The summed E-state index contributed by atoms with van der Waals surface area (Å²) >= 11 is 3.38. The molecule has 0 amide bonds. The van der Waals surface area contributed by atoms with Crippen molar-refractivity contribution in [2.75, 3.05) is 13.1 Å². The van der Waals surface area contributed by atoms with Gasteiger partial charge in [0.05, 0.1) is 6.42 Å². The summed E-state index contributed by atoms with van der Waals surface area (Å²) in [6, 6.07) is 16.0. The van der Waals surface area contributed by atoms with E-state index in [4.69, 9.17) is 4.74 Å². The summed E-state index contributed by atoms with van der Waals surface area (Å²) in [7, 11) is 0. The second kappa shape index (κ2) is 9.60. The first-order chi connectivity index (χ1) is 11.6. The third kappa shape index (κ3) is 6.10. The fraction of sp³-hybridized carbons (Fsp3) is 0.350. The van der Waals surface area contributed by atoms with Gasteiger partial charge in [-0.3, -0.25) is 9.69 Å². The molecule has 0 atom stereocenters. The third-order valence-corrected chi connectivity index (χ3v) is 4.51. The first-order valence-corrected chi connectivity index (χ1v) is 9.10. The smallest absolute Gasteiger partial charge is 0.310 e. The summed E-state index contributed by atoms with van der Waals surface area (Å²) in [6.45, 7) is 7.71. The quantitative estimate of drug-likeness (QED) is 0.618. The zero-order valence-corrected chi connectivity index (χ0v) is 15.9. The van der Waals surface area contributed by atoms with Crippen molar-refractivity contribution in [1.82, 2.24) is 4.90 Å². The molecule has 0 bridgehead atoms. The Balaban J connectivity index is 1.81. The van der Waals surface area contributed by atoms with Gasteiger partial charge in [0.25, 0.3) is 0 Å². The van der Waals surface area contributed by atoms with Crippen molar-refractivity contribution in [2.24, 2.45) is 0 Å². The maximum absolute atomic E-state index is 11.9. The van der Waals surface area contributed by atoms with Crippen LogP contribution in [0, 0.1) is 0 Å². The second-order valence-electron chi connectivity index (χ2n) is 5.74. The SMILES string of the molecule is CCN(CC)Cc1ccc(COC(=O)Cc2ccc(Br)cc2)cc1. The van der Waals surface area contributed by atoms with Crippen LogP contribution in [0.3, 0.4) is 0 Å². The van der Waals surface area contributed by atoms with Crippen LogP contribution in [0.2, 0.25) is 0 Å². The van der Waals surface area contributed by atoms with Gasteiger partial charge in [-0.25, -0.2) is 0 Å². The average molecular weight is 390 g/mol. The van der Waals surface area contributed by atoms with Crippen LogP contribution >= 0.6 is 15.9 Å². The fourth-order valence-electron chi connectivity index (χ4n) is 2.43. The van der Waals surface area contributed by atoms with E-state index in [1.54, 1.807) is 0 Å². The molecule has 0 unspecified atom stereocenters. The number of rotatable bonds is 8. The van der Waals surface area contributed by atoms with E-state index < -0.39 is 0 Å². The molecule has 24 heavy (non-hydrogen) atoms. The van der Waals surface area contributed by atoms with Crippen molar-refractivity contribution in [3.63, 3.8) is 0 Å². The van der Waals surface area contributed by atoms with Gasteiger partial charge in [0.15, 0.2) is 0 Å². The van der Waals surface area contributed by atoms with E-state index in [9.17, 15) is 4.79 Å². The van der Waals surface area contributed by atoms with Gasteiger partial charge < -0.3 is 4.74 Å². The van der Waals surface area contributed by atoms with Crippen molar-refractivity contribution in [2.45, 2.75) is 33.4 Å². The van der Waals surface area contributed by atoms with Crippen molar-refractivity contribution in [1.29, 1.82) is 0 Å². The predicted molar refractivity (Wildman–Crippen MR) is 101 cm³/mol. The van der Waals surface area contributed by atoms with Gasteiger partial charge in [-0.05, 0) is 41.9 Å². The molecule has 0 aromatic heterocycles. The highest BCUT2D eigenvalue weighted by molar-refractivity contribution is 9.10. The summed E-state index contributed by atoms with van der Waals surface area (Å²) in [4.78, 5) is 14.3. The molecule has 0 radical (unpaired) electrons. The Kier molecular flexibility index (Phi) is 7.47. The lowest BCUT2D eigenvalue weighted by Crippen LogP contribution is -2.22. The molecule has 0 N–H and O–H groups in total. The topological polar surface area (TPSA) is 29.5 Å². The lowest BCUT2D eigenvalue weighted by molar-refractivity contribution is -0.144. The first kappa shape index (κ1) is 18.7. The lowest BCUT2D eigenvalue weighted by atomic mass is 10.1. The average Bonchev–Trinajstić information content (AvgIpc) is 2.61. The third-order valence-electron chi connectivity index (χ3n) is 3.99. The molecule has 0 spiro atoms. The van der Waals surface area contributed by atoms with Crippen LogP contribution in [0.4, 0.5) is 0 Å². The molecule has 0 aliphatic heterocycles. The van der Waals surface area contributed by atoms with Crippen LogP contribution in [0.5, 0.6) is 0 Å². The standard InChI is InChI=1S/C20H24BrNO2/c1-3-22(4-2)14-17-5-7-18(8-6-17)15-24-20(23)13-16-9-11-19(21)12-10-16/h5-12H,3-4,13-15H2,1-2H3. The van der Waals surface area contributed by atoms with Crippen LogP contribution in [0.1, 0.15) is 30.5 Å². The van der Waals surface area contributed by atoms with E-state index in [0.717, 1.165) is 35.2 Å². The number of nitrogens with zero attached hydrogens (tertiary/aromatic N) is 1. The minimum Gasteiger partial charge on any atom is -0.461 e. The highest BCUT2D eigenvalue weighted by Crippen LogP contribution is 2.12. The van der Waals surface area contributed by atoms with E-state index in [1.807, 2.05) is 36.4 Å². The molecule has 0 saturated carbocycles. The number of halogens is 1. The van der Waals surface area contributed by atoms with E-state index in [-0.39, 0.29) is 5.97 Å². The molecule has 0 heterocycles. The van der Waals surface area contributed by atoms with Crippen molar-refractivity contribution < 1.29 is 9.53 Å². The van der Waals surface area contributed by atoms with Gasteiger partial charge in [0, 0.05) is 11.0 Å². The number of esters is 1. The van der Waals surface area contributed by atoms with Crippen LogP contribution in [-0.4, -0.2) is 24.0 Å². The Morgan fingerprint density at radius 3 is 2.04 bits per heavy atom. The number of hydrogen-bond acceptors (Lipinski definition) is 3. The molecule has 0 saturated heterocycles. The fourth-order valence-corrected chi connectivity index (χ4v) is 2.69. The number of carbonyl (C=O) groups is 1. The van der Waals surface area contributed by atoms with E-state index in [2.05, 4.69) is 46.8 Å². The summed E-state index contributed by atoms with van der Waals surface area (Å²) < 4.78 is 6.37. The largest absolute Gasteiger partial charge is 0.461 e. The molecule has 0 fully saturated rings. The van der Waals surface area contributed by atoms with Crippen LogP contribution in [0.25, 0.3) is 0 Å². The van der Waals surface area contributed by atoms with Crippen molar-refractivity contribution in [3.05, 3.63) is 69.7 Å². The molecular formula is C20H24BrNO2. The van der Waals surface area contributed by atoms with Gasteiger partial charge in [0.2, 0.25) is 0 Å². The van der Waals surface area contributed by atoms with E-state index in [0.29, 0.717) is 13.0 Å². The Hall–Kier alpha value is -1.65. The molecule has 128 valence electrons. The van der Waals surface area contributed by atoms with E-state index in [1.165, 1.54) is 5.56 Å². The van der Waals surface area contributed by atoms with E-state index >= 15 is 0 Å². The Labute approximate surface area is 152 Å². The molecule has 4 heteroatoms. The van der Waals surface area contributed by atoms with Crippen LogP contribution in [-0.2, 0) is 29.1 Å². The molecule has 3 nitrogen and oxygen atoms in total. The van der Waals surface area contributed by atoms with Gasteiger partial charge in [0.1, 0.15) is 6.61 Å². The van der Waals surface area contributed by atoms with Crippen molar-refractivity contribution >= 4 is 21.9 Å². The Morgan fingerprint density at radius 1 is 0.917 bits per heavy atom. The minimum absolute atomic E-state index is 0.204. The van der Waals surface area contributed by atoms with Crippen LogP contribution in [0.15, 0.2) is 53.0 Å². The number of ether oxygens (including phenoxy) is 1. The van der Waals surface area contributed by atoms with Crippen molar-refractivity contribution in [3.8, 4) is 0 Å². The number of benzene rings is 2. The molecule has 2 aromatic carbocycles. The Bertz CT molecular complexity index is 634. The van der Waals surface area contributed by atoms with Gasteiger partial charge >= 0.3 is 5.97 Å². The minimum atomic E-state index is -0.204. The summed E-state index contributed by atoms with van der Waals surface area (Å²) in [5.74, 6) is -0.204. The number of hydrogen-bond donors (Lipinski definition) is 0. The normalized spacial score (nSPS) is 10.8. The zero-order chi connectivity index (χ0) is 17.4. The molecule has 2 rings (SSSR count). The zero-order valence-electron chi connectivity index (χ0n) is 14.3. The number of carbonyl (C=O) groups excluding carboxylic acids is 1. The molecule has 2 aromatic rings. The molecular weight excluding hydrogens is 366 g/mol. The van der Waals surface area contributed by atoms with Crippen LogP contribution < -0.4 is 0 Å². The molecule has 0 aliphatic carbocycles. The highest BCUT2D eigenvalue weighted by Gasteiger charge is 2.06. The first-order valence-electron chi connectivity index (χ1n) is 8.31. The lowest BCUT2D eigenvalue weighted by Gasteiger charge is -2.18. The summed E-state index contributed by atoms with van der Waals surface area (Å²) in [5, 5.41) is 0. The summed E-state index contributed by atoms with van der Waals surface area (Å²) in [5.41, 5.74) is 3.25. The predicted octanol–water partition coefficient (Wildman–Crippen LogP) is 4.58. The maximum Gasteiger partial charge on any atom is 0.310 e. The molecule has 0 aliphatic rings. The Morgan fingerprint density at radius 2 is 1.46 bits per heavy atom.